The number of nitrogens with zero attached hydrogens (tertiary/aromatic N) is 4. The molecular formula is C23H29N5O4S. The Bertz CT molecular complexity index is 1250. The van der Waals surface area contributed by atoms with E-state index in [4.69, 9.17) is 4.52 Å². The highest BCUT2D eigenvalue weighted by molar-refractivity contribution is 7.89. The lowest BCUT2D eigenvalue weighted by Gasteiger charge is -2.20. The number of amides is 1. The second-order valence-electron chi connectivity index (χ2n) is 8.65. The number of hydrogen-bond donors (Lipinski definition) is 1. The highest BCUT2D eigenvalue weighted by Gasteiger charge is 2.28. The van der Waals surface area contributed by atoms with Crippen LogP contribution in [0.15, 0.2) is 46.1 Å². The number of hydrogen-bond acceptors (Lipinski definition) is 6. The molecule has 2 heterocycles. The minimum absolute atomic E-state index is 0.225. The van der Waals surface area contributed by atoms with Crippen LogP contribution in [0.5, 0.6) is 0 Å². The van der Waals surface area contributed by atoms with E-state index in [0.717, 1.165) is 49.0 Å². The third-order valence-electron chi connectivity index (χ3n) is 5.97. The zero-order valence-electron chi connectivity index (χ0n) is 19.1. The summed E-state index contributed by atoms with van der Waals surface area (Å²) < 4.78 is 33.0. The molecule has 10 heteroatoms. The number of rotatable bonds is 8. The maximum absolute atomic E-state index is 12.9. The standard InChI is InChI=1S/C23H29N5O4S/c1-4-6-16-9-10-21-20(12-16)22(26-32-21)23(29)25-18-13-24-28(15-18)14-17-7-5-8-19(11-17)33(30,31)27(2)3/h5,7-8,11,13,15-16H,4,6,9-10,12,14H2,1-3H3,(H,25,29). The Kier molecular flexibility index (Phi) is 6.66. The van der Waals surface area contributed by atoms with Crippen molar-refractivity contribution in [2.24, 2.45) is 5.92 Å². The van der Waals surface area contributed by atoms with Gasteiger partial charge in [-0.3, -0.25) is 9.48 Å². The van der Waals surface area contributed by atoms with E-state index >= 15 is 0 Å². The number of carbonyl (C=O) groups excluding carboxylic acids is 1. The van der Waals surface area contributed by atoms with E-state index in [0.29, 0.717) is 23.8 Å². The fraction of sp³-hybridized carbons (Fsp3) is 0.435. The van der Waals surface area contributed by atoms with Crippen molar-refractivity contribution in [1.29, 1.82) is 0 Å². The van der Waals surface area contributed by atoms with Gasteiger partial charge in [0.25, 0.3) is 5.91 Å². The molecule has 0 radical (unpaired) electrons. The van der Waals surface area contributed by atoms with E-state index < -0.39 is 10.0 Å². The first kappa shape index (κ1) is 23.2. The molecule has 1 amide bonds. The molecule has 33 heavy (non-hydrogen) atoms. The Morgan fingerprint density at radius 2 is 2.15 bits per heavy atom. The molecule has 0 fully saturated rings. The van der Waals surface area contributed by atoms with Crippen molar-refractivity contribution in [3.05, 3.63) is 59.2 Å². The molecule has 1 atom stereocenters. The predicted octanol–water partition coefficient (Wildman–Crippen LogP) is 3.33. The average molecular weight is 472 g/mol. The van der Waals surface area contributed by atoms with Gasteiger partial charge in [-0.25, -0.2) is 12.7 Å². The SMILES string of the molecule is CCCC1CCc2onc(C(=O)Nc3cnn(Cc4cccc(S(=O)(=O)N(C)C)c4)c3)c2C1. The molecule has 1 aromatic carbocycles. The fourth-order valence-electron chi connectivity index (χ4n) is 4.22. The highest BCUT2D eigenvalue weighted by Crippen LogP contribution is 2.31. The normalized spacial score (nSPS) is 16.1. The second kappa shape index (κ2) is 9.48. The van der Waals surface area contributed by atoms with Gasteiger partial charge in [-0.05, 0) is 36.5 Å². The van der Waals surface area contributed by atoms with Crippen LogP contribution in [0, 0.1) is 5.92 Å². The van der Waals surface area contributed by atoms with Crippen LogP contribution in [0.25, 0.3) is 0 Å². The summed E-state index contributed by atoms with van der Waals surface area (Å²) in [5.74, 6) is 1.06. The van der Waals surface area contributed by atoms with E-state index in [1.807, 2.05) is 6.07 Å². The Morgan fingerprint density at radius 3 is 2.91 bits per heavy atom. The first-order valence-electron chi connectivity index (χ1n) is 11.1. The van der Waals surface area contributed by atoms with Gasteiger partial charge in [0.1, 0.15) is 5.76 Å². The molecule has 3 aromatic rings. The van der Waals surface area contributed by atoms with Crippen LogP contribution in [0.3, 0.4) is 0 Å². The van der Waals surface area contributed by atoms with E-state index in [1.54, 1.807) is 35.3 Å². The van der Waals surface area contributed by atoms with Crippen LogP contribution in [0.2, 0.25) is 0 Å². The summed E-state index contributed by atoms with van der Waals surface area (Å²) in [6.45, 7) is 2.54. The second-order valence-corrected chi connectivity index (χ2v) is 10.8. The molecule has 1 N–H and O–H groups in total. The van der Waals surface area contributed by atoms with E-state index in [-0.39, 0.29) is 10.8 Å². The number of aryl methyl sites for hydroxylation is 1. The first-order chi connectivity index (χ1) is 15.8. The van der Waals surface area contributed by atoms with Crippen molar-refractivity contribution in [3.8, 4) is 0 Å². The Morgan fingerprint density at radius 1 is 1.33 bits per heavy atom. The monoisotopic (exact) mass is 471 g/mol. The minimum atomic E-state index is -3.51. The maximum atomic E-state index is 12.9. The molecule has 0 saturated carbocycles. The lowest BCUT2D eigenvalue weighted by Crippen LogP contribution is -2.22. The molecule has 4 rings (SSSR count). The molecular weight excluding hydrogens is 442 g/mol. The highest BCUT2D eigenvalue weighted by atomic mass is 32.2. The zero-order valence-corrected chi connectivity index (χ0v) is 19.9. The number of sulfonamides is 1. The smallest absolute Gasteiger partial charge is 0.278 e. The first-order valence-corrected chi connectivity index (χ1v) is 12.5. The number of aromatic nitrogens is 3. The van der Waals surface area contributed by atoms with Crippen LogP contribution in [0.1, 0.15) is 53.6 Å². The Balaban J connectivity index is 1.44. The predicted molar refractivity (Wildman–Crippen MR) is 124 cm³/mol. The average Bonchev–Trinajstić information content (AvgIpc) is 3.40. The summed E-state index contributed by atoms with van der Waals surface area (Å²) in [6.07, 6.45) is 8.23. The molecule has 9 nitrogen and oxygen atoms in total. The van der Waals surface area contributed by atoms with Crippen molar-refractivity contribution < 1.29 is 17.7 Å². The molecule has 1 aliphatic rings. The van der Waals surface area contributed by atoms with Crippen LogP contribution in [-0.4, -0.2) is 47.7 Å². The molecule has 176 valence electrons. The van der Waals surface area contributed by atoms with E-state index in [1.165, 1.54) is 18.4 Å². The van der Waals surface area contributed by atoms with Gasteiger partial charge >= 0.3 is 0 Å². The summed E-state index contributed by atoms with van der Waals surface area (Å²) in [5, 5.41) is 11.2. The molecule has 1 unspecified atom stereocenters. The lowest BCUT2D eigenvalue weighted by atomic mass is 9.84. The summed E-state index contributed by atoms with van der Waals surface area (Å²) in [5.41, 5.74) is 2.59. The van der Waals surface area contributed by atoms with Gasteiger partial charge in [0.2, 0.25) is 10.0 Å². The topological polar surface area (TPSA) is 110 Å². The van der Waals surface area contributed by atoms with Crippen molar-refractivity contribution >= 4 is 21.6 Å². The van der Waals surface area contributed by atoms with Crippen LogP contribution in [0.4, 0.5) is 5.69 Å². The largest absolute Gasteiger partial charge is 0.360 e. The molecule has 0 spiro atoms. The van der Waals surface area contributed by atoms with Gasteiger partial charge in [0, 0.05) is 32.3 Å². The Hall–Kier alpha value is -2.98. The number of anilines is 1. The maximum Gasteiger partial charge on any atom is 0.278 e. The van der Waals surface area contributed by atoms with Gasteiger partial charge in [-0.15, -0.1) is 0 Å². The molecule has 0 bridgehead atoms. The molecule has 1 aliphatic carbocycles. The fourth-order valence-corrected chi connectivity index (χ4v) is 5.19. The molecule has 2 aromatic heterocycles. The van der Waals surface area contributed by atoms with Crippen LogP contribution in [-0.2, 0) is 29.4 Å². The van der Waals surface area contributed by atoms with Gasteiger partial charge in [0.05, 0.1) is 23.3 Å². The summed E-state index contributed by atoms with van der Waals surface area (Å²) >= 11 is 0. The van der Waals surface area contributed by atoms with Crippen LogP contribution < -0.4 is 5.32 Å². The van der Waals surface area contributed by atoms with Crippen molar-refractivity contribution in [2.45, 2.75) is 50.5 Å². The van der Waals surface area contributed by atoms with Gasteiger partial charge < -0.3 is 9.84 Å². The van der Waals surface area contributed by atoms with Crippen molar-refractivity contribution in [3.63, 3.8) is 0 Å². The number of fused-ring (bicyclic) bond motifs is 1. The third kappa shape index (κ3) is 5.01. The summed E-state index contributed by atoms with van der Waals surface area (Å²) in [4.78, 5) is 13.1. The minimum Gasteiger partial charge on any atom is -0.360 e. The van der Waals surface area contributed by atoms with E-state index in [2.05, 4.69) is 22.5 Å². The van der Waals surface area contributed by atoms with Crippen molar-refractivity contribution in [2.75, 3.05) is 19.4 Å². The van der Waals surface area contributed by atoms with Gasteiger partial charge in [-0.2, -0.15) is 5.10 Å². The zero-order chi connectivity index (χ0) is 23.6. The van der Waals surface area contributed by atoms with Gasteiger partial charge in [0.15, 0.2) is 5.69 Å². The summed E-state index contributed by atoms with van der Waals surface area (Å²) in [7, 11) is -0.511. The van der Waals surface area contributed by atoms with Crippen LogP contribution >= 0.6 is 0 Å². The summed E-state index contributed by atoms with van der Waals surface area (Å²) in [6, 6.07) is 6.74. The van der Waals surface area contributed by atoms with Crippen molar-refractivity contribution in [1.82, 2.24) is 19.2 Å². The number of nitrogens with one attached hydrogen (secondary N) is 1. The number of carbonyl (C=O) groups is 1. The van der Waals surface area contributed by atoms with E-state index in [9.17, 15) is 13.2 Å². The molecule has 0 aliphatic heterocycles. The number of benzene rings is 1. The lowest BCUT2D eigenvalue weighted by molar-refractivity contribution is 0.101. The molecule has 0 saturated heterocycles. The quantitative estimate of drug-likeness (QED) is 0.540. The Labute approximate surface area is 193 Å². The van der Waals surface area contributed by atoms with Gasteiger partial charge in [-0.1, -0.05) is 37.1 Å². The third-order valence-corrected chi connectivity index (χ3v) is 7.78.